The van der Waals surface area contributed by atoms with Crippen molar-refractivity contribution < 1.29 is 13.9 Å². The molecular weight excluding hydrogens is 617 g/mol. The summed E-state index contributed by atoms with van der Waals surface area (Å²) in [5.74, 6) is 3.11. The Morgan fingerprint density at radius 1 is 0.938 bits per heavy atom. The van der Waals surface area contributed by atoms with Gasteiger partial charge in [-0.15, -0.1) is 0 Å². The molecule has 2 aromatic heterocycles. The Kier molecular flexibility index (Phi) is 10.5. The maximum absolute atomic E-state index is 6.53. The molecule has 1 saturated heterocycles. The maximum Gasteiger partial charge on any atom is 0.215 e. The summed E-state index contributed by atoms with van der Waals surface area (Å²) in [5, 5.41) is 3.62. The third-order valence-corrected chi connectivity index (χ3v) is 14.3. The van der Waals surface area contributed by atoms with E-state index in [1.165, 1.54) is 5.56 Å². The number of morpholine rings is 1. The van der Waals surface area contributed by atoms with E-state index >= 15 is 0 Å². The third kappa shape index (κ3) is 8.23. The molecule has 2 aliphatic heterocycles. The predicted molar refractivity (Wildman–Crippen MR) is 196 cm³/mol. The van der Waals surface area contributed by atoms with Gasteiger partial charge in [-0.25, -0.2) is 9.97 Å². The Morgan fingerprint density at radius 2 is 1.73 bits per heavy atom. The van der Waals surface area contributed by atoms with Crippen LogP contribution in [-0.2, 0) is 28.7 Å². The van der Waals surface area contributed by atoms with E-state index in [4.69, 9.17) is 23.9 Å². The lowest BCUT2D eigenvalue weighted by Crippen LogP contribution is -2.46. The van der Waals surface area contributed by atoms with Gasteiger partial charge >= 0.3 is 0 Å². The molecule has 0 saturated carbocycles. The van der Waals surface area contributed by atoms with Gasteiger partial charge in [-0.3, -0.25) is 4.90 Å². The van der Waals surface area contributed by atoms with Crippen LogP contribution in [-0.4, -0.2) is 73.7 Å². The molecule has 2 aliphatic rings. The molecule has 2 aromatic carbocycles. The molecule has 0 spiro atoms. The van der Waals surface area contributed by atoms with E-state index in [1.54, 1.807) is 0 Å². The van der Waals surface area contributed by atoms with Crippen molar-refractivity contribution >= 4 is 25.6 Å². The van der Waals surface area contributed by atoms with E-state index in [0.29, 0.717) is 25.7 Å². The standard InChI is InChI=1S/C38H50N6O3Si/c1-28-26-45-23-22-44(28)37-32-19-20-43(21-24-47-48(5,6)38(2,3)4)25-33(32)40-36(42-37)30-15-17-31(18-16-30)39-34-13-10-14-35(41-34)46-27-29-11-8-7-9-12-29/h7-18,28H,19-27H2,1-6H3,(H,39,41)/t28-/m0/s1. The van der Waals surface area contributed by atoms with Crippen LogP contribution in [0.2, 0.25) is 18.1 Å². The third-order valence-electron chi connectivity index (χ3n) is 9.81. The second-order valence-corrected chi connectivity index (χ2v) is 19.2. The van der Waals surface area contributed by atoms with Gasteiger partial charge in [0.15, 0.2) is 14.1 Å². The first-order valence-electron chi connectivity index (χ1n) is 17.2. The van der Waals surface area contributed by atoms with Gasteiger partial charge in [0.25, 0.3) is 0 Å². The number of benzene rings is 2. The zero-order valence-electron chi connectivity index (χ0n) is 29.3. The highest BCUT2D eigenvalue weighted by atomic mass is 28.4. The Labute approximate surface area is 286 Å². The van der Waals surface area contributed by atoms with Crippen LogP contribution in [0.15, 0.2) is 72.8 Å². The minimum absolute atomic E-state index is 0.204. The molecule has 1 N–H and O–H groups in total. The van der Waals surface area contributed by atoms with Gasteiger partial charge in [-0.2, -0.15) is 4.98 Å². The number of hydrogen-bond acceptors (Lipinski definition) is 9. The minimum atomic E-state index is -1.79. The fourth-order valence-corrected chi connectivity index (χ4v) is 6.89. The van der Waals surface area contributed by atoms with Crippen molar-refractivity contribution in [3.8, 4) is 17.3 Å². The summed E-state index contributed by atoms with van der Waals surface area (Å²) >= 11 is 0. The van der Waals surface area contributed by atoms with Crippen molar-refractivity contribution in [2.45, 2.75) is 71.4 Å². The highest BCUT2D eigenvalue weighted by molar-refractivity contribution is 6.74. The number of hydrogen-bond donors (Lipinski definition) is 1. The summed E-state index contributed by atoms with van der Waals surface area (Å²) in [4.78, 5) is 20.0. The van der Waals surface area contributed by atoms with E-state index in [1.807, 2.05) is 48.5 Å². The van der Waals surface area contributed by atoms with Gasteiger partial charge < -0.3 is 24.1 Å². The Balaban J connectivity index is 1.18. The first-order chi connectivity index (χ1) is 23.1. The van der Waals surface area contributed by atoms with E-state index in [9.17, 15) is 0 Å². The highest BCUT2D eigenvalue weighted by Gasteiger charge is 2.37. The Hall–Kier alpha value is -3.83. The van der Waals surface area contributed by atoms with Crippen LogP contribution in [0.4, 0.5) is 17.3 Å². The van der Waals surface area contributed by atoms with Gasteiger partial charge in [0.1, 0.15) is 18.2 Å². The molecule has 4 aromatic rings. The molecule has 6 rings (SSSR count). The fourth-order valence-electron chi connectivity index (χ4n) is 5.86. The second kappa shape index (κ2) is 14.7. The van der Waals surface area contributed by atoms with Crippen molar-refractivity contribution in [3.05, 3.63) is 89.6 Å². The van der Waals surface area contributed by atoms with Crippen LogP contribution in [0.1, 0.15) is 44.5 Å². The van der Waals surface area contributed by atoms with Crippen molar-refractivity contribution in [3.63, 3.8) is 0 Å². The number of nitrogens with zero attached hydrogens (tertiary/aromatic N) is 5. The molecular formula is C38H50N6O3Si. The first kappa shape index (κ1) is 34.0. The second-order valence-electron chi connectivity index (χ2n) is 14.4. The quantitative estimate of drug-likeness (QED) is 0.164. The number of ether oxygens (including phenoxy) is 2. The molecule has 0 radical (unpaired) electrons. The number of nitrogens with one attached hydrogen (secondary N) is 1. The Morgan fingerprint density at radius 3 is 2.48 bits per heavy atom. The molecule has 254 valence electrons. The summed E-state index contributed by atoms with van der Waals surface area (Å²) in [7, 11) is -1.79. The van der Waals surface area contributed by atoms with Gasteiger partial charge in [0.05, 0.1) is 24.9 Å². The lowest BCUT2D eigenvalue weighted by atomic mass is 10.0. The average Bonchev–Trinajstić information content (AvgIpc) is 3.07. The number of aromatic nitrogens is 3. The summed E-state index contributed by atoms with van der Waals surface area (Å²) in [6, 6.07) is 24.4. The van der Waals surface area contributed by atoms with Gasteiger partial charge in [0, 0.05) is 55.7 Å². The minimum Gasteiger partial charge on any atom is -0.473 e. The van der Waals surface area contributed by atoms with E-state index < -0.39 is 8.32 Å². The summed E-state index contributed by atoms with van der Waals surface area (Å²) < 4.78 is 18.2. The molecule has 1 atom stereocenters. The summed E-state index contributed by atoms with van der Waals surface area (Å²) in [6.45, 7) is 19.9. The molecule has 0 amide bonds. The predicted octanol–water partition coefficient (Wildman–Crippen LogP) is 7.47. The van der Waals surface area contributed by atoms with E-state index in [0.717, 1.165) is 79.2 Å². The molecule has 10 heteroatoms. The summed E-state index contributed by atoms with van der Waals surface area (Å²) in [5.41, 5.74) is 5.40. The van der Waals surface area contributed by atoms with Crippen LogP contribution in [0.25, 0.3) is 11.4 Å². The van der Waals surface area contributed by atoms with Crippen LogP contribution in [0.5, 0.6) is 5.88 Å². The van der Waals surface area contributed by atoms with Gasteiger partial charge in [-0.1, -0.05) is 57.2 Å². The van der Waals surface area contributed by atoms with Crippen LogP contribution < -0.4 is 15.0 Å². The molecule has 0 unspecified atom stereocenters. The van der Waals surface area contributed by atoms with Crippen LogP contribution >= 0.6 is 0 Å². The number of anilines is 3. The molecule has 48 heavy (non-hydrogen) atoms. The number of fused-ring (bicyclic) bond motifs is 1. The smallest absolute Gasteiger partial charge is 0.215 e. The molecule has 0 aliphatic carbocycles. The highest BCUT2D eigenvalue weighted by Crippen LogP contribution is 2.37. The van der Waals surface area contributed by atoms with Crippen LogP contribution in [0.3, 0.4) is 0 Å². The van der Waals surface area contributed by atoms with E-state index in [-0.39, 0.29) is 11.1 Å². The Bertz CT molecular complexity index is 1660. The molecule has 9 nitrogen and oxygen atoms in total. The van der Waals surface area contributed by atoms with E-state index in [2.05, 4.69) is 85.2 Å². The topological polar surface area (TPSA) is 84.9 Å². The average molecular weight is 667 g/mol. The van der Waals surface area contributed by atoms with Gasteiger partial charge in [0.2, 0.25) is 5.88 Å². The molecule has 0 bridgehead atoms. The van der Waals surface area contributed by atoms with Crippen molar-refractivity contribution in [1.29, 1.82) is 0 Å². The zero-order valence-corrected chi connectivity index (χ0v) is 30.3. The maximum atomic E-state index is 6.53. The van der Waals surface area contributed by atoms with Crippen molar-refractivity contribution in [2.24, 2.45) is 0 Å². The summed E-state index contributed by atoms with van der Waals surface area (Å²) in [6.07, 6.45) is 0.930. The fraction of sp³-hybridized carbons (Fsp3) is 0.447. The lowest BCUT2D eigenvalue weighted by molar-refractivity contribution is 0.0983. The largest absolute Gasteiger partial charge is 0.473 e. The number of rotatable bonds is 11. The zero-order chi connectivity index (χ0) is 33.7. The van der Waals surface area contributed by atoms with Crippen molar-refractivity contribution in [1.82, 2.24) is 19.9 Å². The first-order valence-corrected chi connectivity index (χ1v) is 20.1. The monoisotopic (exact) mass is 666 g/mol. The number of pyridine rings is 1. The lowest BCUT2D eigenvalue weighted by Gasteiger charge is -2.38. The van der Waals surface area contributed by atoms with Crippen molar-refractivity contribution in [2.75, 3.05) is 49.7 Å². The SMILES string of the molecule is C[C@H]1COCCN1c1nc(-c2ccc(Nc3cccc(OCc4ccccc4)n3)cc2)nc2c1CCN(CCO[Si](C)(C)C(C)(C)C)C2. The normalized spacial score (nSPS) is 17.2. The molecule has 1 fully saturated rings. The van der Waals surface area contributed by atoms with Gasteiger partial charge in [-0.05, 0) is 67.4 Å². The van der Waals surface area contributed by atoms with Crippen LogP contribution in [0, 0.1) is 0 Å². The molecule has 4 heterocycles.